The number of aryl methyl sites for hydroxylation is 1. The molecule has 0 aliphatic rings. The maximum atomic E-state index is 12.5. The van der Waals surface area contributed by atoms with E-state index in [-0.39, 0.29) is 11.5 Å². The average Bonchev–Trinajstić information content (AvgIpc) is 2.90. The van der Waals surface area contributed by atoms with Crippen molar-refractivity contribution in [1.29, 1.82) is 0 Å². The highest BCUT2D eigenvalue weighted by Gasteiger charge is 2.20. The van der Waals surface area contributed by atoms with Crippen LogP contribution in [0.1, 0.15) is 40.5 Å². The van der Waals surface area contributed by atoms with Crippen molar-refractivity contribution in [3.8, 4) is 0 Å². The Hall–Kier alpha value is -2.18. The lowest BCUT2D eigenvalue weighted by Crippen LogP contribution is -2.12. The number of aromatic amines is 1. The zero-order valence-corrected chi connectivity index (χ0v) is 16.3. The van der Waals surface area contributed by atoms with Crippen molar-refractivity contribution in [2.24, 2.45) is 5.92 Å². The number of carbonyl (C=O) groups is 1. The van der Waals surface area contributed by atoms with E-state index in [9.17, 15) is 9.59 Å². The predicted octanol–water partition coefficient (Wildman–Crippen LogP) is 4.35. The van der Waals surface area contributed by atoms with Crippen LogP contribution in [0.4, 0.5) is 0 Å². The van der Waals surface area contributed by atoms with Crippen molar-refractivity contribution >= 4 is 39.1 Å². The number of hydrogen-bond acceptors (Lipinski definition) is 5. The van der Waals surface area contributed by atoms with Gasteiger partial charge in [0.25, 0.3) is 5.56 Å². The molecular weight excluding hydrogens is 372 g/mol. The first-order valence-corrected chi connectivity index (χ1v) is 9.48. The molecule has 0 aliphatic heterocycles. The normalized spacial score (nSPS) is 11.3. The topological polar surface area (TPSA) is 72.0 Å². The van der Waals surface area contributed by atoms with Crippen molar-refractivity contribution in [1.82, 2.24) is 9.97 Å². The number of rotatable bonds is 5. The van der Waals surface area contributed by atoms with Crippen molar-refractivity contribution < 1.29 is 9.53 Å². The Balaban J connectivity index is 1.95. The molecule has 26 heavy (non-hydrogen) atoms. The minimum Gasteiger partial charge on any atom is -0.461 e. The number of H-pyrrole nitrogens is 1. The number of carbonyl (C=O) groups excluding carboxylic acids is 1. The molecule has 0 spiro atoms. The monoisotopic (exact) mass is 390 g/mol. The van der Waals surface area contributed by atoms with E-state index in [1.54, 1.807) is 13.0 Å². The third-order valence-corrected chi connectivity index (χ3v) is 5.24. The molecule has 2 heterocycles. The second-order valence-corrected chi connectivity index (χ2v) is 7.98. The Bertz CT molecular complexity index is 1020. The van der Waals surface area contributed by atoms with Gasteiger partial charge in [-0.15, -0.1) is 11.3 Å². The number of aromatic nitrogens is 2. The second-order valence-electron chi connectivity index (χ2n) is 6.55. The quantitative estimate of drug-likeness (QED) is 0.657. The van der Waals surface area contributed by atoms with Crippen molar-refractivity contribution in [2.75, 3.05) is 6.61 Å². The maximum Gasteiger partial charge on any atom is 0.348 e. The second kappa shape index (κ2) is 7.60. The summed E-state index contributed by atoms with van der Waals surface area (Å²) in [5.41, 5.74) is 1.32. The summed E-state index contributed by atoms with van der Waals surface area (Å²) in [7, 11) is 0. The van der Waals surface area contributed by atoms with Crippen LogP contribution in [-0.4, -0.2) is 22.5 Å². The van der Waals surface area contributed by atoms with Crippen molar-refractivity contribution in [3.63, 3.8) is 0 Å². The molecule has 1 aromatic carbocycles. The first kappa shape index (κ1) is 18.6. The van der Waals surface area contributed by atoms with Crippen LogP contribution in [0, 0.1) is 12.8 Å². The van der Waals surface area contributed by atoms with Crippen molar-refractivity contribution in [3.05, 3.63) is 61.5 Å². The number of esters is 1. The van der Waals surface area contributed by atoms with Gasteiger partial charge in [0.15, 0.2) is 0 Å². The number of thiophene rings is 1. The zero-order valence-electron chi connectivity index (χ0n) is 14.8. The van der Waals surface area contributed by atoms with E-state index < -0.39 is 5.97 Å². The Morgan fingerprint density at radius 3 is 2.85 bits per heavy atom. The van der Waals surface area contributed by atoms with Crippen LogP contribution in [0.3, 0.4) is 0 Å². The molecule has 0 saturated carbocycles. The molecule has 2 aromatic heterocycles. The van der Waals surface area contributed by atoms with Crippen LogP contribution in [0.15, 0.2) is 29.1 Å². The summed E-state index contributed by atoms with van der Waals surface area (Å²) in [6, 6.07) is 7.40. The molecule has 0 aliphatic carbocycles. The molecule has 136 valence electrons. The van der Waals surface area contributed by atoms with Crippen LogP contribution < -0.4 is 5.56 Å². The first-order chi connectivity index (χ1) is 12.3. The number of fused-ring (bicyclic) bond motifs is 1. The Morgan fingerprint density at radius 2 is 2.15 bits per heavy atom. The van der Waals surface area contributed by atoms with Crippen LogP contribution >= 0.6 is 22.9 Å². The molecule has 0 bridgehead atoms. The summed E-state index contributed by atoms with van der Waals surface area (Å²) in [5.74, 6) is 0.377. The van der Waals surface area contributed by atoms with E-state index in [0.29, 0.717) is 44.5 Å². The summed E-state index contributed by atoms with van der Waals surface area (Å²) < 4.78 is 5.30. The third kappa shape index (κ3) is 3.97. The van der Waals surface area contributed by atoms with Crippen molar-refractivity contribution in [2.45, 2.75) is 27.2 Å². The average molecular weight is 391 g/mol. The summed E-state index contributed by atoms with van der Waals surface area (Å²) in [6.07, 6.45) is 0.454. The number of benzene rings is 1. The molecule has 0 radical (unpaired) electrons. The molecule has 7 heteroatoms. The largest absolute Gasteiger partial charge is 0.461 e. The smallest absolute Gasteiger partial charge is 0.348 e. The zero-order chi connectivity index (χ0) is 18.8. The van der Waals surface area contributed by atoms with Gasteiger partial charge in [-0.1, -0.05) is 37.6 Å². The number of hydrogen-bond donors (Lipinski definition) is 1. The highest BCUT2D eigenvalue weighted by molar-refractivity contribution is 7.20. The summed E-state index contributed by atoms with van der Waals surface area (Å²) in [4.78, 5) is 33.1. The molecular formula is C19H19ClN2O3S. The highest BCUT2D eigenvalue weighted by atomic mass is 35.5. The standard InChI is InChI=1S/C19H19ClN2O3S/c1-10(2)9-25-19(24)16-11(3)15-17(23)21-14(22-18(15)26-16)8-12-5-4-6-13(20)7-12/h4-7,10H,8-9H2,1-3H3,(H,21,22,23). The molecule has 0 amide bonds. The minimum absolute atomic E-state index is 0.247. The molecule has 0 unspecified atom stereocenters. The molecule has 1 N–H and O–H groups in total. The molecule has 3 aromatic rings. The lowest BCUT2D eigenvalue weighted by Gasteiger charge is -2.05. The number of nitrogens with one attached hydrogen (secondary N) is 1. The van der Waals surface area contributed by atoms with E-state index in [1.807, 2.05) is 32.0 Å². The van der Waals surface area contributed by atoms with Crippen LogP contribution in [0.5, 0.6) is 0 Å². The fourth-order valence-corrected chi connectivity index (χ4v) is 3.92. The van der Waals surface area contributed by atoms with E-state index in [1.165, 1.54) is 11.3 Å². The van der Waals surface area contributed by atoms with Gasteiger partial charge in [0.1, 0.15) is 15.5 Å². The first-order valence-electron chi connectivity index (χ1n) is 8.29. The molecule has 0 fully saturated rings. The van der Waals surface area contributed by atoms with Crippen LogP contribution in [0.2, 0.25) is 5.02 Å². The Labute approximate surface area is 160 Å². The Morgan fingerprint density at radius 1 is 1.38 bits per heavy atom. The van der Waals surface area contributed by atoms with E-state index >= 15 is 0 Å². The van der Waals surface area contributed by atoms with Gasteiger partial charge in [0.2, 0.25) is 0 Å². The van der Waals surface area contributed by atoms with Gasteiger partial charge in [-0.2, -0.15) is 0 Å². The van der Waals surface area contributed by atoms with E-state index in [2.05, 4.69) is 9.97 Å². The number of nitrogens with zero attached hydrogens (tertiary/aromatic N) is 1. The van der Waals surface area contributed by atoms with Gasteiger partial charge in [-0.05, 0) is 36.1 Å². The van der Waals surface area contributed by atoms with Gasteiger partial charge >= 0.3 is 5.97 Å². The third-order valence-electron chi connectivity index (χ3n) is 3.84. The molecule has 5 nitrogen and oxygen atoms in total. The lowest BCUT2D eigenvalue weighted by molar-refractivity contribution is 0.0464. The molecule has 3 rings (SSSR count). The predicted molar refractivity (Wildman–Crippen MR) is 104 cm³/mol. The van der Waals surface area contributed by atoms with Gasteiger partial charge in [0, 0.05) is 11.4 Å². The van der Waals surface area contributed by atoms with Gasteiger partial charge in [-0.3, -0.25) is 4.79 Å². The SMILES string of the molecule is Cc1c(C(=O)OCC(C)C)sc2nc(Cc3cccc(Cl)c3)[nH]c(=O)c12. The van der Waals surface area contributed by atoms with E-state index in [0.717, 1.165) is 5.56 Å². The van der Waals surface area contributed by atoms with Gasteiger partial charge < -0.3 is 9.72 Å². The van der Waals surface area contributed by atoms with Gasteiger partial charge in [-0.25, -0.2) is 9.78 Å². The molecule has 0 atom stereocenters. The number of halogens is 1. The fourth-order valence-electron chi connectivity index (χ4n) is 2.62. The number of ether oxygens (including phenoxy) is 1. The summed E-state index contributed by atoms with van der Waals surface area (Å²) in [6.45, 7) is 6.04. The lowest BCUT2D eigenvalue weighted by atomic mass is 10.1. The van der Waals surface area contributed by atoms with E-state index in [4.69, 9.17) is 16.3 Å². The Kier molecular flexibility index (Phi) is 5.44. The summed E-state index contributed by atoms with van der Waals surface area (Å²) in [5, 5.41) is 1.08. The highest BCUT2D eigenvalue weighted by Crippen LogP contribution is 2.28. The fraction of sp³-hybridized carbons (Fsp3) is 0.316. The minimum atomic E-state index is -0.407. The summed E-state index contributed by atoms with van der Waals surface area (Å²) >= 11 is 7.20. The maximum absolute atomic E-state index is 12.5. The molecule has 0 saturated heterocycles. The van der Waals surface area contributed by atoms with Crippen LogP contribution in [-0.2, 0) is 11.2 Å². The van der Waals surface area contributed by atoms with Crippen LogP contribution in [0.25, 0.3) is 10.2 Å². The van der Waals surface area contributed by atoms with Gasteiger partial charge in [0.05, 0.1) is 12.0 Å².